The van der Waals surface area contributed by atoms with E-state index in [1.807, 2.05) is 23.6 Å². The first kappa shape index (κ1) is 12.1. The van der Waals surface area contributed by atoms with Crippen LogP contribution in [0.2, 0.25) is 0 Å². The fourth-order valence-corrected chi connectivity index (χ4v) is 2.77. The molecule has 0 saturated heterocycles. The molecule has 0 aliphatic rings. The third-order valence-electron chi connectivity index (χ3n) is 2.83. The number of benzene rings is 1. The largest absolute Gasteiger partial charge is 0.398 e. The van der Waals surface area contributed by atoms with E-state index in [-0.39, 0.29) is 6.61 Å². The van der Waals surface area contributed by atoms with E-state index in [2.05, 4.69) is 5.38 Å². The van der Waals surface area contributed by atoms with E-state index in [9.17, 15) is 0 Å². The van der Waals surface area contributed by atoms with Crippen molar-refractivity contribution in [2.75, 3.05) is 12.3 Å². The maximum absolute atomic E-state index is 8.99. The van der Waals surface area contributed by atoms with Crippen molar-refractivity contribution in [3.05, 3.63) is 40.1 Å². The topological polar surface area (TPSA) is 72.3 Å². The van der Waals surface area contributed by atoms with Crippen LogP contribution in [0.25, 0.3) is 11.1 Å². The third kappa shape index (κ3) is 2.34. The highest BCUT2D eigenvalue weighted by Gasteiger charge is 2.10. The van der Waals surface area contributed by atoms with Crippen LogP contribution in [-0.4, -0.2) is 11.7 Å². The summed E-state index contributed by atoms with van der Waals surface area (Å²) in [5.41, 5.74) is 16.8. The van der Waals surface area contributed by atoms with Crippen molar-refractivity contribution >= 4 is 17.0 Å². The van der Waals surface area contributed by atoms with Gasteiger partial charge in [0.15, 0.2) is 0 Å². The summed E-state index contributed by atoms with van der Waals surface area (Å²) in [5, 5.41) is 13.1. The molecule has 17 heavy (non-hydrogen) atoms. The highest BCUT2D eigenvalue weighted by Crippen LogP contribution is 2.33. The number of rotatable bonds is 4. The van der Waals surface area contributed by atoms with Gasteiger partial charge in [-0.1, -0.05) is 18.2 Å². The average molecular weight is 248 g/mol. The fourth-order valence-electron chi connectivity index (χ4n) is 1.90. The molecular formula is C13H16N2OS. The van der Waals surface area contributed by atoms with Gasteiger partial charge in [0.1, 0.15) is 0 Å². The van der Waals surface area contributed by atoms with Gasteiger partial charge >= 0.3 is 0 Å². The Kier molecular flexibility index (Phi) is 3.78. The molecule has 0 bridgehead atoms. The van der Waals surface area contributed by atoms with Crippen LogP contribution in [0.3, 0.4) is 0 Å². The number of hydrogen-bond donors (Lipinski definition) is 3. The molecule has 3 nitrogen and oxygen atoms in total. The average Bonchev–Trinajstić information content (AvgIpc) is 2.80. The summed E-state index contributed by atoms with van der Waals surface area (Å²) in [7, 11) is 0. The molecule has 0 spiro atoms. The first-order valence-corrected chi connectivity index (χ1v) is 6.46. The first-order chi connectivity index (χ1) is 8.27. The monoisotopic (exact) mass is 248 g/mol. The molecule has 0 aliphatic heterocycles. The van der Waals surface area contributed by atoms with Gasteiger partial charge in [-0.05, 0) is 33.9 Å². The molecule has 1 aromatic heterocycles. The Bertz CT molecular complexity index is 508. The number of aliphatic hydroxyl groups excluding tert-OH is 1. The minimum atomic E-state index is 0.112. The Morgan fingerprint density at radius 2 is 1.94 bits per heavy atom. The van der Waals surface area contributed by atoms with Crippen molar-refractivity contribution in [2.45, 2.75) is 13.0 Å². The lowest BCUT2D eigenvalue weighted by atomic mass is 9.98. The molecule has 0 amide bonds. The van der Waals surface area contributed by atoms with Crippen molar-refractivity contribution in [2.24, 2.45) is 5.73 Å². The molecule has 0 saturated carbocycles. The maximum Gasteiger partial charge on any atom is 0.0472 e. The Morgan fingerprint density at radius 3 is 2.65 bits per heavy atom. The molecule has 1 heterocycles. The molecule has 0 atom stereocenters. The van der Waals surface area contributed by atoms with Gasteiger partial charge in [0.2, 0.25) is 0 Å². The van der Waals surface area contributed by atoms with E-state index in [1.54, 1.807) is 11.3 Å². The molecule has 5 N–H and O–H groups in total. The normalized spacial score (nSPS) is 10.7. The summed E-state index contributed by atoms with van der Waals surface area (Å²) in [4.78, 5) is 0. The van der Waals surface area contributed by atoms with E-state index in [0.29, 0.717) is 13.0 Å². The van der Waals surface area contributed by atoms with Gasteiger partial charge in [0.25, 0.3) is 0 Å². The Balaban J connectivity index is 2.49. The van der Waals surface area contributed by atoms with Crippen LogP contribution in [0.4, 0.5) is 5.69 Å². The van der Waals surface area contributed by atoms with Gasteiger partial charge in [-0.25, -0.2) is 0 Å². The molecular weight excluding hydrogens is 232 g/mol. The summed E-state index contributed by atoms with van der Waals surface area (Å²) in [6, 6.07) is 5.91. The van der Waals surface area contributed by atoms with Crippen molar-refractivity contribution in [1.82, 2.24) is 0 Å². The zero-order chi connectivity index (χ0) is 12.3. The SMILES string of the molecule is NCc1cscc1-c1cccc(CCO)c1N. The summed E-state index contributed by atoms with van der Waals surface area (Å²) in [6.45, 7) is 0.629. The third-order valence-corrected chi connectivity index (χ3v) is 3.62. The molecule has 0 fully saturated rings. The molecule has 2 rings (SSSR count). The fraction of sp³-hybridized carbons (Fsp3) is 0.231. The molecule has 1 aromatic carbocycles. The van der Waals surface area contributed by atoms with E-state index >= 15 is 0 Å². The summed E-state index contributed by atoms with van der Waals surface area (Å²) < 4.78 is 0. The predicted molar refractivity (Wildman–Crippen MR) is 72.8 cm³/mol. The van der Waals surface area contributed by atoms with Crippen molar-refractivity contribution in [1.29, 1.82) is 0 Å². The van der Waals surface area contributed by atoms with Gasteiger partial charge < -0.3 is 16.6 Å². The van der Waals surface area contributed by atoms with Gasteiger partial charge in [-0.3, -0.25) is 0 Å². The second-order valence-corrected chi connectivity index (χ2v) is 4.61. The summed E-state index contributed by atoms with van der Waals surface area (Å²) >= 11 is 1.63. The second-order valence-electron chi connectivity index (χ2n) is 3.87. The van der Waals surface area contributed by atoms with Crippen molar-refractivity contribution in [3.8, 4) is 11.1 Å². The second kappa shape index (κ2) is 5.31. The smallest absolute Gasteiger partial charge is 0.0472 e. The Hall–Kier alpha value is -1.36. The highest BCUT2D eigenvalue weighted by molar-refractivity contribution is 7.08. The minimum absolute atomic E-state index is 0.112. The Morgan fingerprint density at radius 1 is 1.12 bits per heavy atom. The summed E-state index contributed by atoms with van der Waals surface area (Å²) in [5.74, 6) is 0. The van der Waals surface area contributed by atoms with Crippen molar-refractivity contribution in [3.63, 3.8) is 0 Å². The van der Waals surface area contributed by atoms with Gasteiger partial charge in [0, 0.05) is 24.4 Å². The number of aliphatic hydroxyl groups is 1. The lowest BCUT2D eigenvalue weighted by Gasteiger charge is -2.10. The standard InChI is InChI=1S/C13H16N2OS/c14-6-10-7-17-8-12(10)11-3-1-2-9(4-5-16)13(11)15/h1-3,7-8,16H,4-6,14-15H2. The zero-order valence-electron chi connectivity index (χ0n) is 9.52. The van der Waals surface area contributed by atoms with Crippen LogP contribution in [0.1, 0.15) is 11.1 Å². The number of hydrogen-bond acceptors (Lipinski definition) is 4. The first-order valence-electron chi connectivity index (χ1n) is 5.51. The van der Waals surface area contributed by atoms with Gasteiger partial charge in [-0.2, -0.15) is 11.3 Å². The van der Waals surface area contributed by atoms with Crippen LogP contribution >= 0.6 is 11.3 Å². The molecule has 0 radical (unpaired) electrons. The minimum Gasteiger partial charge on any atom is -0.398 e. The van der Waals surface area contributed by atoms with E-state index in [1.165, 1.54) is 0 Å². The van der Waals surface area contributed by atoms with Gasteiger partial charge in [-0.15, -0.1) is 0 Å². The Labute approximate surface area is 105 Å². The van der Waals surface area contributed by atoms with Crippen LogP contribution in [0.5, 0.6) is 0 Å². The molecule has 4 heteroatoms. The van der Waals surface area contributed by atoms with Crippen LogP contribution in [-0.2, 0) is 13.0 Å². The van der Waals surface area contributed by atoms with Gasteiger partial charge in [0.05, 0.1) is 0 Å². The molecule has 0 aliphatic carbocycles. The van der Waals surface area contributed by atoms with Crippen LogP contribution in [0, 0.1) is 0 Å². The molecule has 2 aromatic rings. The number of thiophene rings is 1. The lowest BCUT2D eigenvalue weighted by molar-refractivity contribution is 0.300. The number of para-hydroxylation sites is 1. The highest BCUT2D eigenvalue weighted by atomic mass is 32.1. The summed E-state index contributed by atoms with van der Waals surface area (Å²) in [6.07, 6.45) is 0.585. The molecule has 0 unspecified atom stereocenters. The van der Waals surface area contributed by atoms with Crippen molar-refractivity contribution < 1.29 is 5.11 Å². The van der Waals surface area contributed by atoms with Crippen LogP contribution < -0.4 is 11.5 Å². The van der Waals surface area contributed by atoms with E-state index in [4.69, 9.17) is 16.6 Å². The van der Waals surface area contributed by atoms with E-state index < -0.39 is 0 Å². The molecule has 90 valence electrons. The number of anilines is 1. The lowest BCUT2D eigenvalue weighted by Crippen LogP contribution is -2.01. The predicted octanol–water partition coefficient (Wildman–Crippen LogP) is 1.99. The number of nitrogens with two attached hydrogens (primary N) is 2. The van der Waals surface area contributed by atoms with Crippen LogP contribution in [0.15, 0.2) is 29.0 Å². The quantitative estimate of drug-likeness (QED) is 0.725. The van der Waals surface area contributed by atoms with E-state index in [0.717, 1.165) is 27.9 Å². The maximum atomic E-state index is 8.99. The number of nitrogen functional groups attached to an aromatic ring is 1. The zero-order valence-corrected chi connectivity index (χ0v) is 10.3.